The second kappa shape index (κ2) is 7.12. The van der Waals surface area contributed by atoms with Crippen LogP contribution in [0.2, 0.25) is 0 Å². The summed E-state index contributed by atoms with van der Waals surface area (Å²) in [6.07, 6.45) is 3.91. The van der Waals surface area contributed by atoms with Crippen LogP contribution in [-0.2, 0) is 23.9 Å². The molecule has 0 bridgehead atoms. The number of carbonyl (C=O) groups excluding carboxylic acids is 3. The Balaban J connectivity index is 1.85. The van der Waals surface area contributed by atoms with Gasteiger partial charge in [-0.25, -0.2) is 4.79 Å². The van der Waals surface area contributed by atoms with Crippen LogP contribution in [-0.4, -0.2) is 51.3 Å². The number of rotatable bonds is 4. The van der Waals surface area contributed by atoms with E-state index in [0.29, 0.717) is 23.1 Å². The first kappa shape index (κ1) is 23.9. The summed E-state index contributed by atoms with van der Waals surface area (Å²) in [5, 5.41) is 24.0. The molecule has 0 spiro atoms. The second-order valence-corrected chi connectivity index (χ2v) is 11.1. The van der Waals surface area contributed by atoms with Gasteiger partial charge in [0.2, 0.25) is 0 Å². The quantitative estimate of drug-likeness (QED) is 0.379. The fourth-order valence-corrected chi connectivity index (χ4v) is 7.04. The highest BCUT2D eigenvalue weighted by atomic mass is 16.6. The summed E-state index contributed by atoms with van der Waals surface area (Å²) in [5.41, 5.74) is -3.22. The molecular weight excluding hydrogens is 424 g/mol. The van der Waals surface area contributed by atoms with Crippen LogP contribution in [0.15, 0.2) is 35.5 Å². The van der Waals surface area contributed by atoms with Gasteiger partial charge in [-0.1, -0.05) is 39.5 Å². The number of hydrogen-bond acceptors (Lipinski definition) is 7. The van der Waals surface area contributed by atoms with Crippen molar-refractivity contribution in [1.82, 2.24) is 0 Å². The van der Waals surface area contributed by atoms with Gasteiger partial charge < -0.3 is 19.7 Å². The predicted octanol–water partition coefficient (Wildman–Crippen LogP) is 2.66. The van der Waals surface area contributed by atoms with Crippen molar-refractivity contribution in [2.24, 2.45) is 29.1 Å². The van der Waals surface area contributed by atoms with Crippen LogP contribution < -0.4 is 0 Å². The van der Waals surface area contributed by atoms with Crippen LogP contribution in [0.5, 0.6) is 0 Å². The highest BCUT2D eigenvalue weighted by molar-refractivity contribution is 6.04. The minimum Gasteiger partial charge on any atom is -0.461 e. The first-order valence-corrected chi connectivity index (χ1v) is 11.5. The van der Waals surface area contributed by atoms with Crippen molar-refractivity contribution in [3.05, 3.63) is 35.5 Å². The molecule has 0 aromatic heterocycles. The lowest BCUT2D eigenvalue weighted by atomic mass is 9.60. The summed E-state index contributed by atoms with van der Waals surface area (Å²) in [6, 6.07) is 0. The topological polar surface area (TPSA) is 110 Å². The molecule has 7 unspecified atom stereocenters. The minimum atomic E-state index is -1.82. The zero-order chi connectivity index (χ0) is 24.7. The Morgan fingerprint density at radius 3 is 2.42 bits per heavy atom. The van der Waals surface area contributed by atoms with Gasteiger partial charge >= 0.3 is 11.9 Å². The molecule has 180 valence electrons. The van der Waals surface area contributed by atoms with Crippen LogP contribution in [0.3, 0.4) is 0 Å². The maximum atomic E-state index is 13.1. The summed E-state index contributed by atoms with van der Waals surface area (Å²) < 4.78 is 11.3. The number of aliphatic hydroxyl groups is 2. The SMILES string of the molecule is C=C(C)C(=O)OC12CC(C)C3(O)C(C=C(COC(C)=O)CC4(O)C(=O)C(C)=CC43)C1C2(C)C. The number of ketones is 1. The molecule has 33 heavy (non-hydrogen) atoms. The van der Waals surface area contributed by atoms with E-state index < -0.39 is 57.7 Å². The van der Waals surface area contributed by atoms with Crippen LogP contribution in [0.25, 0.3) is 0 Å². The van der Waals surface area contributed by atoms with Crippen molar-refractivity contribution >= 4 is 17.7 Å². The molecule has 4 aliphatic rings. The highest BCUT2D eigenvalue weighted by Gasteiger charge is 2.83. The third-order valence-electron chi connectivity index (χ3n) is 8.76. The number of Topliss-reactive ketones (excluding diaryl/α,β-unsaturated/α-hetero) is 1. The largest absolute Gasteiger partial charge is 0.461 e. The van der Waals surface area contributed by atoms with E-state index in [1.165, 1.54) is 6.92 Å². The van der Waals surface area contributed by atoms with Gasteiger partial charge in [0.05, 0.1) is 5.60 Å². The third-order valence-corrected chi connectivity index (χ3v) is 8.76. The van der Waals surface area contributed by atoms with Gasteiger partial charge in [-0.15, -0.1) is 0 Å². The minimum absolute atomic E-state index is 0.0329. The molecule has 7 heteroatoms. The Kier molecular flexibility index (Phi) is 5.16. The van der Waals surface area contributed by atoms with Gasteiger partial charge in [-0.3, -0.25) is 9.59 Å². The first-order valence-electron chi connectivity index (χ1n) is 11.5. The number of esters is 2. The van der Waals surface area contributed by atoms with Crippen molar-refractivity contribution in [3.8, 4) is 0 Å². The van der Waals surface area contributed by atoms with E-state index in [0.717, 1.165) is 0 Å². The van der Waals surface area contributed by atoms with Gasteiger partial charge in [0, 0.05) is 42.1 Å². The molecule has 4 rings (SSSR count). The molecule has 0 heterocycles. The summed E-state index contributed by atoms with van der Waals surface area (Å²) in [7, 11) is 0. The molecule has 0 aliphatic heterocycles. The van der Waals surface area contributed by atoms with E-state index in [1.807, 2.05) is 26.8 Å². The molecule has 7 atom stereocenters. The van der Waals surface area contributed by atoms with Crippen molar-refractivity contribution in [2.75, 3.05) is 6.61 Å². The van der Waals surface area contributed by atoms with E-state index >= 15 is 0 Å². The van der Waals surface area contributed by atoms with Crippen LogP contribution in [0.4, 0.5) is 0 Å². The Labute approximate surface area is 194 Å². The Morgan fingerprint density at radius 1 is 1.21 bits per heavy atom. The first-order chi connectivity index (χ1) is 15.1. The molecular formula is C26H34O7. The number of ether oxygens (including phenoxy) is 2. The summed E-state index contributed by atoms with van der Waals surface area (Å²) >= 11 is 0. The van der Waals surface area contributed by atoms with Gasteiger partial charge in [-0.05, 0) is 37.3 Å². The lowest BCUT2D eigenvalue weighted by molar-refractivity contribution is -0.185. The maximum absolute atomic E-state index is 13.1. The summed E-state index contributed by atoms with van der Waals surface area (Å²) in [5.74, 6) is -3.33. The summed E-state index contributed by atoms with van der Waals surface area (Å²) in [4.78, 5) is 37.1. The van der Waals surface area contributed by atoms with Crippen molar-refractivity contribution in [3.63, 3.8) is 0 Å². The lowest BCUT2D eigenvalue weighted by Crippen LogP contribution is -2.61. The smallest absolute Gasteiger partial charge is 0.333 e. The molecule has 0 saturated heterocycles. The maximum Gasteiger partial charge on any atom is 0.333 e. The van der Waals surface area contributed by atoms with Crippen LogP contribution in [0.1, 0.15) is 54.4 Å². The summed E-state index contributed by atoms with van der Waals surface area (Å²) in [6.45, 7) is 14.1. The molecule has 4 aliphatic carbocycles. The fourth-order valence-electron chi connectivity index (χ4n) is 7.04. The van der Waals surface area contributed by atoms with Gasteiger partial charge in [0.15, 0.2) is 5.78 Å². The fraction of sp³-hybridized carbons (Fsp3) is 0.654. The van der Waals surface area contributed by atoms with Gasteiger partial charge in [-0.2, -0.15) is 0 Å². The van der Waals surface area contributed by atoms with Crippen molar-refractivity contribution < 1.29 is 34.1 Å². The number of hydrogen-bond donors (Lipinski definition) is 2. The van der Waals surface area contributed by atoms with E-state index in [4.69, 9.17) is 9.47 Å². The zero-order valence-corrected chi connectivity index (χ0v) is 20.2. The molecule has 0 radical (unpaired) electrons. The average molecular weight is 459 g/mol. The Hall–Kier alpha value is -2.25. The molecule has 0 amide bonds. The van der Waals surface area contributed by atoms with Gasteiger partial charge in [0.25, 0.3) is 0 Å². The monoisotopic (exact) mass is 458 g/mol. The second-order valence-electron chi connectivity index (χ2n) is 11.1. The molecule has 2 saturated carbocycles. The Bertz CT molecular complexity index is 1020. The number of fused-ring (bicyclic) bond motifs is 5. The van der Waals surface area contributed by atoms with Crippen LogP contribution in [0, 0.1) is 29.1 Å². The molecule has 7 nitrogen and oxygen atoms in total. The lowest BCUT2D eigenvalue weighted by Gasteiger charge is -2.50. The van der Waals surface area contributed by atoms with E-state index in [9.17, 15) is 24.6 Å². The van der Waals surface area contributed by atoms with Crippen molar-refractivity contribution in [2.45, 2.75) is 71.2 Å². The Morgan fingerprint density at radius 2 is 1.85 bits per heavy atom. The van der Waals surface area contributed by atoms with Crippen LogP contribution >= 0.6 is 0 Å². The van der Waals surface area contributed by atoms with E-state index in [-0.39, 0.29) is 18.9 Å². The highest BCUT2D eigenvalue weighted by Crippen LogP contribution is 2.76. The molecule has 0 aromatic rings. The molecule has 2 N–H and O–H groups in total. The van der Waals surface area contributed by atoms with E-state index in [1.54, 1.807) is 19.9 Å². The van der Waals surface area contributed by atoms with Crippen molar-refractivity contribution in [1.29, 1.82) is 0 Å². The van der Waals surface area contributed by atoms with E-state index in [2.05, 4.69) is 6.58 Å². The molecule has 0 aromatic carbocycles. The normalized spacial score (nSPS) is 42.6. The van der Waals surface area contributed by atoms with Gasteiger partial charge in [0.1, 0.15) is 17.8 Å². The number of carbonyl (C=O) groups is 3. The zero-order valence-electron chi connectivity index (χ0n) is 20.2. The standard InChI is InChI=1S/C26H34O7/c1-13(2)22(29)33-25-10-15(4)26(31)18(20(25)23(25,6)7)9-17(12-32-16(5)27)11-24(30)19(26)8-14(3)21(24)28/h8-9,15,18-20,30-31H,1,10-12H2,2-7H3. The predicted molar refractivity (Wildman–Crippen MR) is 120 cm³/mol. The third kappa shape index (κ3) is 3.04. The molecule has 2 fully saturated rings. The average Bonchev–Trinajstić information content (AvgIpc) is 3.11.